The molecule has 3 heteroatoms. The Hall–Kier alpha value is -1.51. The molecule has 0 heterocycles. The van der Waals surface area contributed by atoms with Crippen molar-refractivity contribution in [1.29, 1.82) is 0 Å². The van der Waals surface area contributed by atoms with E-state index in [0.29, 0.717) is 0 Å². The first kappa shape index (κ1) is 14.9. The predicted molar refractivity (Wildman–Crippen MR) is 87.5 cm³/mol. The van der Waals surface area contributed by atoms with Gasteiger partial charge in [-0.05, 0) is 42.8 Å². The minimum absolute atomic E-state index is 0.790. The van der Waals surface area contributed by atoms with Crippen molar-refractivity contribution < 1.29 is 0 Å². The number of benzene rings is 2. The summed E-state index contributed by atoms with van der Waals surface area (Å²) in [5.74, 6) is 0. The largest absolute Gasteiger partial charge is 0.375 e. The molecule has 1 N–H and O–H groups in total. The molecule has 0 amide bonds. The summed E-state index contributed by atoms with van der Waals surface area (Å²) in [4.78, 5) is 2.28. The lowest BCUT2D eigenvalue weighted by atomic mass is 10.2. The molecule has 0 spiro atoms. The quantitative estimate of drug-likeness (QED) is 0.776. The average molecular weight is 289 g/mol. The van der Waals surface area contributed by atoms with E-state index in [1.807, 2.05) is 18.2 Å². The van der Waals surface area contributed by atoms with Crippen LogP contribution in [-0.2, 0) is 6.54 Å². The number of nitrogens with one attached hydrogen (secondary N) is 1. The summed E-state index contributed by atoms with van der Waals surface area (Å²) in [5, 5.41) is 4.25. The minimum atomic E-state index is 0.790. The molecule has 0 aromatic heterocycles. The molecular formula is C17H21ClN2. The van der Waals surface area contributed by atoms with Crippen molar-refractivity contribution in [2.24, 2.45) is 0 Å². The Kier molecular flexibility index (Phi) is 5.90. The van der Waals surface area contributed by atoms with Crippen molar-refractivity contribution in [3.05, 3.63) is 65.2 Å². The number of rotatable bonds is 7. The van der Waals surface area contributed by atoms with Gasteiger partial charge in [-0.25, -0.2) is 0 Å². The summed E-state index contributed by atoms with van der Waals surface area (Å²) in [6.45, 7) is 2.96. The molecule has 0 atom stereocenters. The Balaban J connectivity index is 1.63. The van der Waals surface area contributed by atoms with Crippen LogP contribution in [0.15, 0.2) is 54.6 Å². The normalized spacial score (nSPS) is 10.5. The van der Waals surface area contributed by atoms with Gasteiger partial charge < -0.3 is 10.2 Å². The number of anilines is 1. The van der Waals surface area contributed by atoms with Crippen LogP contribution in [-0.4, -0.2) is 20.1 Å². The van der Waals surface area contributed by atoms with Gasteiger partial charge in [0.1, 0.15) is 0 Å². The van der Waals surface area contributed by atoms with Gasteiger partial charge in [-0.15, -0.1) is 0 Å². The summed E-state index contributed by atoms with van der Waals surface area (Å²) < 4.78 is 0. The summed E-state index contributed by atoms with van der Waals surface area (Å²) in [5.41, 5.74) is 2.54. The van der Waals surface area contributed by atoms with Crippen LogP contribution in [0.25, 0.3) is 0 Å². The van der Waals surface area contributed by atoms with Gasteiger partial charge in [-0.1, -0.05) is 41.9 Å². The van der Waals surface area contributed by atoms with E-state index in [9.17, 15) is 0 Å². The smallest absolute Gasteiger partial charge is 0.0406 e. The maximum Gasteiger partial charge on any atom is 0.0406 e. The number of hydrogen-bond acceptors (Lipinski definition) is 2. The SMILES string of the molecule is CN(CCCNCc1ccc(Cl)cc1)c1ccccc1. The van der Waals surface area contributed by atoms with Gasteiger partial charge in [0.25, 0.3) is 0 Å². The molecule has 2 aromatic carbocycles. The lowest BCUT2D eigenvalue weighted by Crippen LogP contribution is -2.23. The van der Waals surface area contributed by atoms with Crippen LogP contribution in [0.4, 0.5) is 5.69 Å². The fourth-order valence-corrected chi connectivity index (χ4v) is 2.21. The van der Waals surface area contributed by atoms with Crippen LogP contribution < -0.4 is 10.2 Å². The van der Waals surface area contributed by atoms with E-state index in [2.05, 4.69) is 53.7 Å². The minimum Gasteiger partial charge on any atom is -0.375 e. The van der Waals surface area contributed by atoms with E-state index in [4.69, 9.17) is 11.6 Å². The number of para-hydroxylation sites is 1. The maximum atomic E-state index is 5.86. The average Bonchev–Trinajstić information content (AvgIpc) is 2.49. The number of halogens is 1. The van der Waals surface area contributed by atoms with Crippen molar-refractivity contribution in [3.63, 3.8) is 0 Å². The third-order valence-corrected chi connectivity index (χ3v) is 3.54. The van der Waals surface area contributed by atoms with Crippen LogP contribution in [0, 0.1) is 0 Å². The summed E-state index contributed by atoms with van der Waals surface area (Å²) in [6, 6.07) is 18.5. The molecule has 2 aromatic rings. The van der Waals surface area contributed by atoms with Gasteiger partial charge in [0.05, 0.1) is 0 Å². The second kappa shape index (κ2) is 7.93. The Morgan fingerprint density at radius 1 is 1.00 bits per heavy atom. The molecule has 0 saturated carbocycles. The van der Waals surface area contributed by atoms with Crippen molar-refractivity contribution >= 4 is 17.3 Å². The van der Waals surface area contributed by atoms with Crippen molar-refractivity contribution in [2.45, 2.75) is 13.0 Å². The number of hydrogen-bond donors (Lipinski definition) is 1. The lowest BCUT2D eigenvalue weighted by molar-refractivity contribution is 0.646. The summed E-state index contributed by atoms with van der Waals surface area (Å²) in [7, 11) is 2.13. The van der Waals surface area contributed by atoms with Gasteiger partial charge in [0.2, 0.25) is 0 Å². The molecule has 20 heavy (non-hydrogen) atoms. The van der Waals surface area contributed by atoms with E-state index in [1.165, 1.54) is 11.3 Å². The first-order chi connectivity index (χ1) is 9.75. The third kappa shape index (κ3) is 4.87. The zero-order valence-electron chi connectivity index (χ0n) is 11.8. The molecule has 2 rings (SSSR count). The zero-order chi connectivity index (χ0) is 14.2. The van der Waals surface area contributed by atoms with E-state index < -0.39 is 0 Å². The van der Waals surface area contributed by atoms with Crippen molar-refractivity contribution in [1.82, 2.24) is 5.32 Å². The molecule has 0 bridgehead atoms. The fraction of sp³-hybridized carbons (Fsp3) is 0.294. The zero-order valence-corrected chi connectivity index (χ0v) is 12.6. The van der Waals surface area contributed by atoms with Crippen LogP contribution in [0.5, 0.6) is 0 Å². The van der Waals surface area contributed by atoms with Gasteiger partial charge in [-0.2, -0.15) is 0 Å². The lowest BCUT2D eigenvalue weighted by Gasteiger charge is -2.19. The van der Waals surface area contributed by atoms with E-state index >= 15 is 0 Å². The van der Waals surface area contributed by atoms with Crippen molar-refractivity contribution in [3.8, 4) is 0 Å². The molecule has 0 fully saturated rings. The third-order valence-electron chi connectivity index (χ3n) is 3.29. The second-order valence-electron chi connectivity index (χ2n) is 4.91. The molecule has 0 aliphatic heterocycles. The first-order valence-corrected chi connectivity index (χ1v) is 7.35. The highest BCUT2D eigenvalue weighted by Gasteiger charge is 1.99. The van der Waals surface area contributed by atoms with Gasteiger partial charge in [-0.3, -0.25) is 0 Å². The molecule has 106 valence electrons. The van der Waals surface area contributed by atoms with Gasteiger partial charge in [0, 0.05) is 30.8 Å². The Morgan fingerprint density at radius 2 is 1.70 bits per heavy atom. The molecule has 0 aliphatic rings. The first-order valence-electron chi connectivity index (χ1n) is 6.97. The van der Waals surface area contributed by atoms with Crippen LogP contribution >= 0.6 is 11.6 Å². The Labute approximate surface area is 126 Å². The Bertz CT molecular complexity index is 496. The predicted octanol–water partition coefficient (Wildman–Crippen LogP) is 3.96. The molecule has 0 unspecified atom stereocenters. The van der Waals surface area contributed by atoms with E-state index in [0.717, 1.165) is 31.1 Å². The molecule has 0 aliphatic carbocycles. The molecule has 0 saturated heterocycles. The summed E-state index contributed by atoms with van der Waals surface area (Å²) >= 11 is 5.86. The highest BCUT2D eigenvalue weighted by molar-refractivity contribution is 6.30. The topological polar surface area (TPSA) is 15.3 Å². The van der Waals surface area contributed by atoms with Gasteiger partial charge in [0.15, 0.2) is 0 Å². The highest BCUT2D eigenvalue weighted by atomic mass is 35.5. The monoisotopic (exact) mass is 288 g/mol. The number of nitrogens with zero attached hydrogens (tertiary/aromatic N) is 1. The van der Waals surface area contributed by atoms with Crippen LogP contribution in [0.3, 0.4) is 0 Å². The summed E-state index contributed by atoms with van der Waals surface area (Å²) in [6.07, 6.45) is 1.12. The second-order valence-corrected chi connectivity index (χ2v) is 5.35. The van der Waals surface area contributed by atoms with Gasteiger partial charge >= 0.3 is 0 Å². The maximum absolute atomic E-state index is 5.86. The fourth-order valence-electron chi connectivity index (χ4n) is 2.09. The Morgan fingerprint density at radius 3 is 2.40 bits per heavy atom. The molecule has 2 nitrogen and oxygen atoms in total. The highest BCUT2D eigenvalue weighted by Crippen LogP contribution is 2.11. The van der Waals surface area contributed by atoms with Crippen LogP contribution in [0.1, 0.15) is 12.0 Å². The standard InChI is InChI=1S/C17H21ClN2/c1-20(17-6-3-2-4-7-17)13-5-12-19-14-15-8-10-16(18)11-9-15/h2-4,6-11,19H,5,12-14H2,1H3. The van der Waals surface area contributed by atoms with E-state index in [-0.39, 0.29) is 0 Å². The van der Waals surface area contributed by atoms with Crippen molar-refractivity contribution in [2.75, 3.05) is 25.0 Å². The van der Waals surface area contributed by atoms with E-state index in [1.54, 1.807) is 0 Å². The molecule has 0 radical (unpaired) electrons. The molecular weight excluding hydrogens is 268 g/mol. The van der Waals surface area contributed by atoms with Crippen LogP contribution in [0.2, 0.25) is 5.02 Å².